The standard InChI is InChI=1S/C24H32N8O2/c1-4-7-8-19-18(25)14-17(15-27-19)16-32-23(34)21-20(22(33)31(32)11-5-2)28-24(30(21)6-3)29-12-9-26-10-13-29/h4,7-8,14-15,26H,1,5-6,9-13,16,25H2,2-3H3/b8-7-. The number of piperazine rings is 1. The molecule has 180 valence electrons. The minimum Gasteiger partial charge on any atom is -0.397 e. The van der Waals surface area contributed by atoms with E-state index in [2.05, 4.69) is 26.8 Å². The lowest BCUT2D eigenvalue weighted by molar-refractivity contribution is 0.437. The molecule has 0 saturated carbocycles. The van der Waals surface area contributed by atoms with Gasteiger partial charge in [0.15, 0.2) is 5.52 Å². The summed E-state index contributed by atoms with van der Waals surface area (Å²) in [6.07, 6.45) is 7.57. The van der Waals surface area contributed by atoms with Gasteiger partial charge in [0.1, 0.15) is 5.52 Å². The average Bonchev–Trinajstić information content (AvgIpc) is 3.25. The van der Waals surface area contributed by atoms with Crippen molar-refractivity contribution in [2.24, 2.45) is 0 Å². The van der Waals surface area contributed by atoms with E-state index in [1.807, 2.05) is 18.4 Å². The molecular formula is C24H32N8O2. The molecule has 0 unspecified atom stereocenters. The van der Waals surface area contributed by atoms with Crippen LogP contribution >= 0.6 is 0 Å². The SMILES string of the molecule is C=C/C=C\c1ncc(Cn2c(=O)c3c(nc(N4CCNCC4)n3CC)c(=O)n2CCC)cc1N. The van der Waals surface area contributed by atoms with E-state index < -0.39 is 0 Å². The van der Waals surface area contributed by atoms with Crippen LogP contribution in [0.15, 0.2) is 40.6 Å². The summed E-state index contributed by atoms with van der Waals surface area (Å²) in [5.41, 5.74) is 8.11. The summed E-state index contributed by atoms with van der Waals surface area (Å²) in [7, 11) is 0. The number of allylic oxidation sites excluding steroid dienone is 2. The highest BCUT2D eigenvalue weighted by molar-refractivity contribution is 5.77. The Labute approximate surface area is 198 Å². The van der Waals surface area contributed by atoms with Gasteiger partial charge in [-0.15, -0.1) is 0 Å². The Morgan fingerprint density at radius 3 is 2.59 bits per heavy atom. The first-order chi connectivity index (χ1) is 16.5. The molecule has 4 heterocycles. The first kappa shape index (κ1) is 23.5. The highest BCUT2D eigenvalue weighted by Crippen LogP contribution is 2.20. The van der Waals surface area contributed by atoms with Crippen LogP contribution in [-0.2, 0) is 19.6 Å². The predicted octanol–water partition coefficient (Wildman–Crippen LogP) is 1.42. The van der Waals surface area contributed by atoms with E-state index in [4.69, 9.17) is 5.73 Å². The topological polar surface area (TPSA) is 116 Å². The Hall–Kier alpha value is -3.66. The van der Waals surface area contributed by atoms with Crippen molar-refractivity contribution in [1.29, 1.82) is 0 Å². The molecule has 3 aromatic rings. The van der Waals surface area contributed by atoms with Gasteiger partial charge >= 0.3 is 0 Å². The van der Waals surface area contributed by atoms with Gasteiger partial charge < -0.3 is 20.5 Å². The Morgan fingerprint density at radius 1 is 1.18 bits per heavy atom. The lowest BCUT2D eigenvalue weighted by Crippen LogP contribution is -2.44. The van der Waals surface area contributed by atoms with Gasteiger partial charge in [-0.1, -0.05) is 25.7 Å². The van der Waals surface area contributed by atoms with Crippen LogP contribution in [0.4, 0.5) is 11.6 Å². The molecule has 4 rings (SSSR count). The number of nitrogens with two attached hydrogens (primary N) is 1. The second-order valence-corrected chi connectivity index (χ2v) is 8.29. The van der Waals surface area contributed by atoms with Crippen LogP contribution < -0.4 is 27.1 Å². The average molecular weight is 465 g/mol. The highest BCUT2D eigenvalue weighted by atomic mass is 16.2. The molecule has 1 saturated heterocycles. The zero-order valence-corrected chi connectivity index (χ0v) is 19.8. The van der Waals surface area contributed by atoms with Crippen LogP contribution in [0.2, 0.25) is 0 Å². The Balaban J connectivity index is 1.87. The molecule has 0 bridgehead atoms. The summed E-state index contributed by atoms with van der Waals surface area (Å²) >= 11 is 0. The fraction of sp³-hybridized carbons (Fsp3) is 0.417. The summed E-state index contributed by atoms with van der Waals surface area (Å²) in [6.45, 7) is 12.0. The molecule has 0 aromatic carbocycles. The number of aryl methyl sites for hydroxylation is 1. The van der Waals surface area contributed by atoms with E-state index in [9.17, 15) is 9.59 Å². The van der Waals surface area contributed by atoms with E-state index in [1.165, 1.54) is 9.36 Å². The highest BCUT2D eigenvalue weighted by Gasteiger charge is 2.24. The molecule has 1 aliphatic rings. The summed E-state index contributed by atoms with van der Waals surface area (Å²) in [4.78, 5) is 38.5. The number of imidazole rings is 1. The van der Waals surface area contributed by atoms with Crippen LogP contribution in [-0.4, -0.2) is 50.1 Å². The van der Waals surface area contributed by atoms with Gasteiger partial charge in [0, 0.05) is 45.5 Å². The van der Waals surface area contributed by atoms with Crippen molar-refractivity contribution >= 4 is 28.7 Å². The molecule has 34 heavy (non-hydrogen) atoms. The first-order valence-corrected chi connectivity index (χ1v) is 11.7. The summed E-state index contributed by atoms with van der Waals surface area (Å²) in [5, 5.41) is 3.32. The van der Waals surface area contributed by atoms with Crippen molar-refractivity contribution in [3.8, 4) is 0 Å². The third-order valence-corrected chi connectivity index (χ3v) is 5.99. The Kier molecular flexibility index (Phi) is 6.97. The molecular weight excluding hydrogens is 432 g/mol. The zero-order valence-electron chi connectivity index (χ0n) is 19.8. The molecule has 10 heteroatoms. The van der Waals surface area contributed by atoms with Gasteiger partial charge in [-0.25, -0.2) is 14.3 Å². The molecule has 0 spiro atoms. The van der Waals surface area contributed by atoms with E-state index in [-0.39, 0.29) is 23.2 Å². The van der Waals surface area contributed by atoms with Crippen LogP contribution in [0.5, 0.6) is 0 Å². The van der Waals surface area contributed by atoms with E-state index in [0.717, 1.165) is 31.7 Å². The summed E-state index contributed by atoms with van der Waals surface area (Å²) in [6, 6.07) is 1.79. The molecule has 10 nitrogen and oxygen atoms in total. The second kappa shape index (κ2) is 10.1. The fourth-order valence-electron chi connectivity index (χ4n) is 4.36. The van der Waals surface area contributed by atoms with Crippen molar-refractivity contribution in [3.05, 3.63) is 63.0 Å². The second-order valence-electron chi connectivity index (χ2n) is 8.29. The van der Waals surface area contributed by atoms with Gasteiger partial charge in [0.05, 0.1) is 17.9 Å². The van der Waals surface area contributed by atoms with Crippen molar-refractivity contribution in [3.63, 3.8) is 0 Å². The molecule has 1 fully saturated rings. The smallest absolute Gasteiger partial charge is 0.293 e. The van der Waals surface area contributed by atoms with E-state index in [0.29, 0.717) is 42.4 Å². The van der Waals surface area contributed by atoms with Crippen LogP contribution in [0.3, 0.4) is 0 Å². The molecule has 3 aromatic heterocycles. The van der Waals surface area contributed by atoms with Crippen LogP contribution in [0, 0.1) is 0 Å². The number of pyridine rings is 1. The Bertz CT molecular complexity index is 1340. The van der Waals surface area contributed by atoms with Gasteiger partial charge in [0.25, 0.3) is 11.1 Å². The van der Waals surface area contributed by atoms with Crippen molar-refractivity contribution in [2.75, 3.05) is 36.8 Å². The van der Waals surface area contributed by atoms with E-state index >= 15 is 0 Å². The number of hydrogen-bond acceptors (Lipinski definition) is 7. The van der Waals surface area contributed by atoms with Gasteiger partial charge in [-0.2, -0.15) is 0 Å². The van der Waals surface area contributed by atoms with E-state index in [1.54, 1.807) is 30.5 Å². The van der Waals surface area contributed by atoms with Crippen LogP contribution in [0.25, 0.3) is 17.1 Å². The number of nitrogens with one attached hydrogen (secondary N) is 1. The quantitative estimate of drug-likeness (QED) is 0.485. The number of aromatic nitrogens is 5. The largest absolute Gasteiger partial charge is 0.397 e. The monoisotopic (exact) mass is 464 g/mol. The van der Waals surface area contributed by atoms with Gasteiger partial charge in [-0.05, 0) is 31.1 Å². The van der Waals surface area contributed by atoms with Gasteiger partial charge in [-0.3, -0.25) is 14.6 Å². The molecule has 0 aliphatic carbocycles. The molecule has 1 aliphatic heterocycles. The maximum atomic E-state index is 13.8. The molecule has 0 amide bonds. The number of nitrogen functional groups attached to an aromatic ring is 1. The molecule has 3 N–H and O–H groups in total. The number of rotatable bonds is 8. The van der Waals surface area contributed by atoms with Crippen molar-refractivity contribution in [2.45, 2.75) is 39.9 Å². The minimum atomic E-state index is -0.258. The summed E-state index contributed by atoms with van der Waals surface area (Å²) < 4.78 is 4.87. The zero-order chi connectivity index (χ0) is 24.2. The minimum absolute atomic E-state index is 0.185. The maximum Gasteiger partial charge on any atom is 0.293 e. The molecule has 0 radical (unpaired) electrons. The number of hydrogen-bond donors (Lipinski definition) is 2. The third kappa shape index (κ3) is 4.28. The summed E-state index contributed by atoms with van der Waals surface area (Å²) in [5.74, 6) is 0.679. The predicted molar refractivity (Wildman–Crippen MR) is 136 cm³/mol. The lowest BCUT2D eigenvalue weighted by Gasteiger charge is -2.28. The Morgan fingerprint density at radius 2 is 1.94 bits per heavy atom. The fourth-order valence-corrected chi connectivity index (χ4v) is 4.36. The number of nitrogens with zero attached hydrogens (tertiary/aromatic N) is 6. The van der Waals surface area contributed by atoms with Crippen molar-refractivity contribution in [1.82, 2.24) is 29.2 Å². The lowest BCUT2D eigenvalue weighted by atomic mass is 10.2. The van der Waals surface area contributed by atoms with Gasteiger partial charge in [0.2, 0.25) is 5.95 Å². The number of anilines is 2. The number of fused-ring (bicyclic) bond motifs is 1. The first-order valence-electron chi connectivity index (χ1n) is 11.7. The van der Waals surface area contributed by atoms with Crippen LogP contribution in [0.1, 0.15) is 31.5 Å². The van der Waals surface area contributed by atoms with Crippen molar-refractivity contribution < 1.29 is 0 Å². The normalized spacial score (nSPS) is 14.4. The molecule has 0 atom stereocenters. The maximum absolute atomic E-state index is 13.8. The third-order valence-electron chi connectivity index (χ3n) is 5.99.